The molecular weight excluding hydrogens is 383 g/mol. The first-order valence-corrected chi connectivity index (χ1v) is 8.11. The number of benzene rings is 2. The average molecular weight is 394 g/mol. The highest BCUT2D eigenvalue weighted by molar-refractivity contribution is 14.1. The van der Waals surface area contributed by atoms with Gasteiger partial charge in [0.2, 0.25) is 5.16 Å². The van der Waals surface area contributed by atoms with Crippen LogP contribution >= 0.6 is 34.4 Å². The van der Waals surface area contributed by atoms with E-state index in [1.807, 2.05) is 36.4 Å². The highest BCUT2D eigenvalue weighted by Crippen LogP contribution is 2.24. The van der Waals surface area contributed by atoms with Crippen molar-refractivity contribution >= 4 is 34.4 Å². The van der Waals surface area contributed by atoms with Crippen LogP contribution in [-0.4, -0.2) is 20.2 Å². The molecule has 0 spiro atoms. The van der Waals surface area contributed by atoms with E-state index < -0.39 is 0 Å². The molecule has 3 rings (SSSR count). The Bertz CT molecular complexity index is 699. The Morgan fingerprint density at radius 1 is 1.00 bits per heavy atom. The summed E-state index contributed by atoms with van der Waals surface area (Å²) >= 11 is 3.99. The summed E-state index contributed by atoms with van der Waals surface area (Å²) in [5.41, 5.74) is 2.27. The number of nitrogens with zero attached hydrogens (tertiary/aromatic N) is 4. The van der Waals surface area contributed by atoms with Crippen LogP contribution in [-0.2, 0) is 5.75 Å². The molecule has 20 heavy (non-hydrogen) atoms. The highest BCUT2D eigenvalue weighted by Gasteiger charge is 2.09. The number of para-hydroxylation sites is 1. The summed E-state index contributed by atoms with van der Waals surface area (Å²) in [5.74, 6) is 0.853. The Kier molecular flexibility index (Phi) is 4.31. The minimum absolute atomic E-state index is 0.802. The van der Waals surface area contributed by atoms with Crippen molar-refractivity contribution in [2.24, 2.45) is 0 Å². The second-order valence-corrected chi connectivity index (χ2v) is 6.19. The molecule has 0 amide bonds. The van der Waals surface area contributed by atoms with Crippen molar-refractivity contribution in [3.63, 3.8) is 0 Å². The van der Waals surface area contributed by atoms with Crippen LogP contribution in [0, 0.1) is 3.57 Å². The first-order chi connectivity index (χ1) is 9.84. The molecule has 0 saturated heterocycles. The minimum Gasteiger partial charge on any atom is -0.188 e. The van der Waals surface area contributed by atoms with Gasteiger partial charge in [-0.1, -0.05) is 48.2 Å². The summed E-state index contributed by atoms with van der Waals surface area (Å²) < 4.78 is 3.02. The molecule has 4 nitrogen and oxygen atoms in total. The number of hydrogen-bond donors (Lipinski definition) is 0. The van der Waals surface area contributed by atoms with E-state index in [0.717, 1.165) is 16.6 Å². The van der Waals surface area contributed by atoms with E-state index >= 15 is 0 Å². The fourth-order valence-electron chi connectivity index (χ4n) is 1.76. The molecule has 0 atom stereocenters. The molecule has 0 fully saturated rings. The second-order valence-electron chi connectivity index (χ2n) is 4.09. The van der Waals surface area contributed by atoms with Crippen molar-refractivity contribution in [2.75, 3.05) is 0 Å². The zero-order chi connectivity index (χ0) is 13.8. The van der Waals surface area contributed by atoms with E-state index in [-0.39, 0.29) is 0 Å². The minimum atomic E-state index is 0.802. The lowest BCUT2D eigenvalue weighted by Gasteiger charge is -2.05. The first kappa shape index (κ1) is 13.6. The van der Waals surface area contributed by atoms with Crippen LogP contribution in [0.2, 0.25) is 0 Å². The van der Waals surface area contributed by atoms with Gasteiger partial charge in [0.05, 0.1) is 5.69 Å². The van der Waals surface area contributed by atoms with Crippen molar-refractivity contribution in [3.05, 3.63) is 63.7 Å². The molecule has 0 aliphatic carbocycles. The van der Waals surface area contributed by atoms with Gasteiger partial charge in [0.15, 0.2) is 0 Å². The third-order valence-corrected chi connectivity index (χ3v) is 4.78. The normalized spacial score (nSPS) is 10.7. The lowest BCUT2D eigenvalue weighted by atomic mass is 10.2. The summed E-state index contributed by atoms with van der Waals surface area (Å²) in [7, 11) is 0. The van der Waals surface area contributed by atoms with Crippen LogP contribution in [0.25, 0.3) is 5.69 Å². The molecule has 6 heteroatoms. The summed E-state index contributed by atoms with van der Waals surface area (Å²) in [4.78, 5) is 0. The lowest BCUT2D eigenvalue weighted by Crippen LogP contribution is -1.98. The first-order valence-electron chi connectivity index (χ1n) is 6.04. The Balaban J connectivity index is 1.80. The predicted octanol–water partition coefficient (Wildman–Crippen LogP) is 3.56. The lowest BCUT2D eigenvalue weighted by molar-refractivity contribution is 0.756. The van der Waals surface area contributed by atoms with Gasteiger partial charge < -0.3 is 0 Å². The summed E-state index contributed by atoms with van der Waals surface area (Å²) in [6.45, 7) is 0. The van der Waals surface area contributed by atoms with Crippen molar-refractivity contribution in [3.8, 4) is 5.69 Å². The van der Waals surface area contributed by atoms with E-state index in [1.54, 1.807) is 16.4 Å². The standard InChI is InChI=1S/C14H11IN4S/c15-13-9-5-4-6-11(13)10-20-14-16-17-18-19(14)12-7-2-1-3-8-12/h1-9H,10H2. The van der Waals surface area contributed by atoms with Gasteiger partial charge in [-0.2, -0.15) is 4.68 Å². The van der Waals surface area contributed by atoms with Crippen LogP contribution in [0.5, 0.6) is 0 Å². The molecule has 0 aliphatic heterocycles. The molecule has 0 saturated carbocycles. The molecule has 1 aromatic heterocycles. The highest BCUT2D eigenvalue weighted by atomic mass is 127. The number of thioether (sulfide) groups is 1. The summed E-state index contributed by atoms with van der Waals surface area (Å²) in [5, 5.41) is 12.7. The largest absolute Gasteiger partial charge is 0.214 e. The Morgan fingerprint density at radius 3 is 2.55 bits per heavy atom. The number of hydrogen-bond acceptors (Lipinski definition) is 4. The van der Waals surface area contributed by atoms with Crippen LogP contribution in [0.3, 0.4) is 0 Å². The average Bonchev–Trinajstić information content (AvgIpc) is 2.96. The molecule has 100 valence electrons. The maximum atomic E-state index is 4.10. The van der Waals surface area contributed by atoms with Crippen molar-refractivity contribution < 1.29 is 0 Å². The van der Waals surface area contributed by atoms with E-state index in [2.05, 4.69) is 56.3 Å². The van der Waals surface area contributed by atoms with Crippen molar-refractivity contribution in [1.82, 2.24) is 20.2 Å². The molecule has 0 radical (unpaired) electrons. The maximum absolute atomic E-state index is 4.10. The Morgan fingerprint density at radius 2 is 1.75 bits per heavy atom. The third-order valence-electron chi connectivity index (χ3n) is 2.76. The monoisotopic (exact) mass is 394 g/mol. The van der Waals surface area contributed by atoms with Gasteiger partial charge in [-0.3, -0.25) is 0 Å². The van der Waals surface area contributed by atoms with Gasteiger partial charge in [0.1, 0.15) is 0 Å². The predicted molar refractivity (Wildman–Crippen MR) is 87.9 cm³/mol. The fraction of sp³-hybridized carbons (Fsp3) is 0.0714. The topological polar surface area (TPSA) is 43.6 Å². The third kappa shape index (κ3) is 3.01. The molecule has 0 N–H and O–H groups in total. The number of rotatable bonds is 4. The van der Waals surface area contributed by atoms with Crippen LogP contribution in [0.15, 0.2) is 59.8 Å². The van der Waals surface area contributed by atoms with Crippen molar-refractivity contribution in [2.45, 2.75) is 10.9 Å². The van der Waals surface area contributed by atoms with Gasteiger partial charge in [0.25, 0.3) is 0 Å². The fourth-order valence-corrected chi connectivity index (χ4v) is 3.49. The smallest absolute Gasteiger partial charge is 0.188 e. The molecular formula is C14H11IN4S. The zero-order valence-corrected chi connectivity index (χ0v) is 13.5. The summed E-state index contributed by atoms with van der Waals surface area (Å²) in [6, 6.07) is 18.3. The van der Waals surface area contributed by atoms with Gasteiger partial charge in [0, 0.05) is 9.32 Å². The van der Waals surface area contributed by atoms with Gasteiger partial charge in [-0.15, -0.1) is 5.10 Å². The molecule has 3 aromatic rings. The second kappa shape index (κ2) is 6.36. The van der Waals surface area contributed by atoms with Crippen molar-refractivity contribution in [1.29, 1.82) is 0 Å². The molecule has 2 aromatic carbocycles. The zero-order valence-electron chi connectivity index (χ0n) is 10.5. The van der Waals surface area contributed by atoms with E-state index in [4.69, 9.17) is 0 Å². The van der Waals surface area contributed by atoms with Gasteiger partial charge in [-0.05, 0) is 56.8 Å². The number of halogens is 1. The SMILES string of the molecule is Ic1ccccc1CSc1nnnn1-c1ccccc1. The van der Waals surface area contributed by atoms with Crippen LogP contribution in [0.1, 0.15) is 5.56 Å². The van der Waals surface area contributed by atoms with E-state index in [0.29, 0.717) is 0 Å². The van der Waals surface area contributed by atoms with E-state index in [1.165, 1.54) is 9.13 Å². The molecule has 0 bridgehead atoms. The number of tetrazole rings is 1. The molecule has 1 heterocycles. The van der Waals surface area contributed by atoms with Gasteiger partial charge in [-0.25, -0.2) is 0 Å². The molecule has 0 aliphatic rings. The van der Waals surface area contributed by atoms with Gasteiger partial charge >= 0.3 is 0 Å². The quantitative estimate of drug-likeness (QED) is 0.502. The van der Waals surface area contributed by atoms with Crippen LogP contribution in [0.4, 0.5) is 0 Å². The summed E-state index contributed by atoms with van der Waals surface area (Å²) in [6.07, 6.45) is 0. The maximum Gasteiger partial charge on any atom is 0.214 e. The number of aromatic nitrogens is 4. The Hall–Kier alpha value is -1.41. The van der Waals surface area contributed by atoms with E-state index in [9.17, 15) is 0 Å². The van der Waals surface area contributed by atoms with Crippen LogP contribution < -0.4 is 0 Å². The molecule has 0 unspecified atom stereocenters. The Labute approximate surface area is 134 Å².